The van der Waals surface area contributed by atoms with Gasteiger partial charge in [-0.3, -0.25) is 9.59 Å². The molecule has 0 aromatic carbocycles. The monoisotopic (exact) mass is 298 g/mol. The van der Waals surface area contributed by atoms with Crippen LogP contribution < -0.4 is 5.32 Å². The molecule has 0 unspecified atom stereocenters. The number of hydrogen-bond donors (Lipinski definition) is 1. The molecule has 5 heteroatoms. The molecule has 122 valence electrons. The fraction of sp³-hybridized carbons (Fsp3) is 0.875. The van der Waals surface area contributed by atoms with Gasteiger partial charge in [0.2, 0.25) is 11.8 Å². The second-order valence-corrected chi connectivity index (χ2v) is 5.86. The van der Waals surface area contributed by atoms with E-state index in [2.05, 4.69) is 5.32 Å². The predicted octanol–water partition coefficient (Wildman–Crippen LogP) is 2.10. The van der Waals surface area contributed by atoms with Gasteiger partial charge in [-0.1, -0.05) is 25.7 Å². The van der Waals surface area contributed by atoms with E-state index in [1.54, 1.807) is 18.9 Å². The number of rotatable bonds is 8. The molecule has 1 saturated carbocycles. The van der Waals surface area contributed by atoms with Crippen LogP contribution in [0.15, 0.2) is 0 Å². The molecule has 0 saturated heterocycles. The van der Waals surface area contributed by atoms with Crippen molar-refractivity contribution in [3.05, 3.63) is 0 Å². The Morgan fingerprint density at radius 3 is 2.38 bits per heavy atom. The molecule has 0 aromatic heterocycles. The first kappa shape index (κ1) is 18.0. The number of methoxy groups -OCH3 is 1. The summed E-state index contributed by atoms with van der Waals surface area (Å²) in [6.45, 7) is 3.34. The summed E-state index contributed by atoms with van der Waals surface area (Å²) in [7, 11) is 1.65. The predicted molar refractivity (Wildman–Crippen MR) is 83.0 cm³/mol. The Morgan fingerprint density at radius 2 is 1.81 bits per heavy atom. The molecule has 1 aliphatic rings. The highest BCUT2D eigenvalue weighted by Crippen LogP contribution is 2.17. The fourth-order valence-electron chi connectivity index (χ4n) is 2.79. The lowest BCUT2D eigenvalue weighted by Gasteiger charge is -2.22. The van der Waals surface area contributed by atoms with Gasteiger partial charge in [0, 0.05) is 46.2 Å². The van der Waals surface area contributed by atoms with Gasteiger partial charge in [-0.25, -0.2) is 0 Å². The molecule has 5 nitrogen and oxygen atoms in total. The van der Waals surface area contributed by atoms with E-state index in [1.165, 1.54) is 25.7 Å². The van der Waals surface area contributed by atoms with Crippen LogP contribution >= 0.6 is 0 Å². The second kappa shape index (κ2) is 10.6. The van der Waals surface area contributed by atoms with Gasteiger partial charge in [-0.2, -0.15) is 0 Å². The van der Waals surface area contributed by atoms with Crippen LogP contribution in [-0.4, -0.2) is 49.6 Å². The van der Waals surface area contributed by atoms with Crippen molar-refractivity contribution in [2.24, 2.45) is 0 Å². The lowest BCUT2D eigenvalue weighted by molar-refractivity contribution is -0.130. The van der Waals surface area contributed by atoms with Crippen molar-refractivity contribution >= 4 is 11.8 Å². The van der Waals surface area contributed by atoms with Gasteiger partial charge in [0.05, 0.1) is 0 Å². The molecule has 1 aliphatic carbocycles. The topological polar surface area (TPSA) is 58.6 Å². The molecule has 21 heavy (non-hydrogen) atoms. The molecule has 0 radical (unpaired) electrons. The summed E-state index contributed by atoms with van der Waals surface area (Å²) >= 11 is 0. The van der Waals surface area contributed by atoms with Crippen molar-refractivity contribution in [2.45, 2.75) is 64.3 Å². The van der Waals surface area contributed by atoms with E-state index in [0.29, 0.717) is 32.2 Å². The Morgan fingerprint density at radius 1 is 1.14 bits per heavy atom. The molecule has 0 aliphatic heterocycles. The molecule has 1 rings (SSSR count). The van der Waals surface area contributed by atoms with E-state index in [9.17, 15) is 9.59 Å². The van der Waals surface area contributed by atoms with Crippen LogP contribution in [0.25, 0.3) is 0 Å². The van der Waals surface area contributed by atoms with Crippen molar-refractivity contribution in [3.8, 4) is 0 Å². The third-order valence-electron chi connectivity index (χ3n) is 4.05. The lowest BCUT2D eigenvalue weighted by atomic mass is 10.1. The highest BCUT2D eigenvalue weighted by atomic mass is 16.5. The Kier molecular flexibility index (Phi) is 9.06. The third-order valence-corrected chi connectivity index (χ3v) is 4.05. The molecule has 0 spiro atoms. The summed E-state index contributed by atoms with van der Waals surface area (Å²) in [5.41, 5.74) is 0. The highest BCUT2D eigenvalue weighted by Gasteiger charge is 2.16. The van der Waals surface area contributed by atoms with Gasteiger partial charge in [-0.05, 0) is 19.3 Å². The highest BCUT2D eigenvalue weighted by molar-refractivity contribution is 5.78. The van der Waals surface area contributed by atoms with Gasteiger partial charge in [0.15, 0.2) is 0 Å². The SMILES string of the molecule is COCCCN(CCC(=O)NC1CCCCCC1)C(C)=O. The molecule has 1 N–H and O–H groups in total. The molecular weight excluding hydrogens is 268 g/mol. The molecule has 0 heterocycles. The quantitative estimate of drug-likeness (QED) is 0.551. The fourth-order valence-corrected chi connectivity index (χ4v) is 2.79. The van der Waals surface area contributed by atoms with Gasteiger partial charge in [-0.15, -0.1) is 0 Å². The average Bonchev–Trinajstić information content (AvgIpc) is 2.71. The van der Waals surface area contributed by atoms with Crippen LogP contribution in [0.4, 0.5) is 0 Å². The molecule has 1 fully saturated rings. The summed E-state index contributed by atoms with van der Waals surface area (Å²) in [6, 6.07) is 0.333. The normalized spacial score (nSPS) is 16.3. The van der Waals surface area contributed by atoms with E-state index >= 15 is 0 Å². The first-order valence-electron chi connectivity index (χ1n) is 8.17. The number of carbonyl (C=O) groups is 2. The smallest absolute Gasteiger partial charge is 0.221 e. The second-order valence-electron chi connectivity index (χ2n) is 5.86. The maximum atomic E-state index is 12.0. The zero-order valence-electron chi connectivity index (χ0n) is 13.5. The van der Waals surface area contributed by atoms with Crippen LogP contribution in [-0.2, 0) is 14.3 Å². The number of hydrogen-bond acceptors (Lipinski definition) is 3. The van der Waals surface area contributed by atoms with E-state index < -0.39 is 0 Å². The molecule has 2 amide bonds. The number of carbonyl (C=O) groups excluding carboxylic acids is 2. The molecule has 0 atom stereocenters. The molecule has 0 bridgehead atoms. The van der Waals surface area contributed by atoms with Gasteiger partial charge < -0.3 is 15.0 Å². The molecule has 0 aromatic rings. The maximum absolute atomic E-state index is 12.0. The summed E-state index contributed by atoms with van der Waals surface area (Å²) < 4.78 is 4.99. The zero-order chi connectivity index (χ0) is 15.5. The van der Waals surface area contributed by atoms with Crippen LogP contribution in [0.2, 0.25) is 0 Å². The van der Waals surface area contributed by atoms with E-state index in [1.807, 2.05) is 0 Å². The summed E-state index contributed by atoms with van der Waals surface area (Å²) in [4.78, 5) is 25.3. The van der Waals surface area contributed by atoms with Crippen LogP contribution in [0.1, 0.15) is 58.3 Å². The minimum absolute atomic E-state index is 0.0216. The maximum Gasteiger partial charge on any atom is 0.221 e. The van der Waals surface area contributed by atoms with Crippen molar-refractivity contribution in [2.75, 3.05) is 26.8 Å². The van der Waals surface area contributed by atoms with Crippen LogP contribution in [0.5, 0.6) is 0 Å². The Labute approximate surface area is 128 Å². The summed E-state index contributed by atoms with van der Waals surface area (Å²) in [5.74, 6) is 0.0910. The minimum atomic E-state index is 0.0216. The number of nitrogens with zero attached hydrogens (tertiary/aromatic N) is 1. The minimum Gasteiger partial charge on any atom is -0.385 e. The summed E-state index contributed by atoms with van der Waals surface area (Å²) in [5, 5.41) is 3.12. The van der Waals surface area contributed by atoms with E-state index in [-0.39, 0.29) is 11.8 Å². The van der Waals surface area contributed by atoms with Gasteiger partial charge in [0.25, 0.3) is 0 Å². The lowest BCUT2D eigenvalue weighted by Crippen LogP contribution is -2.38. The zero-order valence-corrected chi connectivity index (χ0v) is 13.5. The largest absolute Gasteiger partial charge is 0.385 e. The first-order valence-corrected chi connectivity index (χ1v) is 8.17. The average molecular weight is 298 g/mol. The van der Waals surface area contributed by atoms with E-state index in [4.69, 9.17) is 4.74 Å². The van der Waals surface area contributed by atoms with Crippen molar-refractivity contribution in [3.63, 3.8) is 0 Å². The Bertz CT molecular complexity index is 313. The van der Waals surface area contributed by atoms with Crippen LogP contribution in [0, 0.1) is 0 Å². The standard InChI is InChI=1S/C16H30N2O3/c1-14(19)18(11-7-13-21-2)12-10-16(20)17-15-8-5-3-4-6-9-15/h15H,3-13H2,1-2H3,(H,17,20). The molecular formula is C16H30N2O3. The van der Waals surface area contributed by atoms with Gasteiger partial charge >= 0.3 is 0 Å². The number of ether oxygens (including phenoxy) is 1. The third kappa shape index (κ3) is 8.05. The van der Waals surface area contributed by atoms with Crippen molar-refractivity contribution < 1.29 is 14.3 Å². The Hall–Kier alpha value is -1.10. The van der Waals surface area contributed by atoms with Crippen molar-refractivity contribution in [1.82, 2.24) is 10.2 Å². The first-order chi connectivity index (χ1) is 10.1. The van der Waals surface area contributed by atoms with E-state index in [0.717, 1.165) is 19.3 Å². The number of amides is 2. The van der Waals surface area contributed by atoms with Crippen LogP contribution in [0.3, 0.4) is 0 Å². The summed E-state index contributed by atoms with van der Waals surface area (Å²) in [6.07, 6.45) is 8.37. The Balaban J connectivity index is 2.26. The van der Waals surface area contributed by atoms with Crippen molar-refractivity contribution in [1.29, 1.82) is 0 Å². The van der Waals surface area contributed by atoms with Gasteiger partial charge in [0.1, 0.15) is 0 Å². The number of nitrogens with one attached hydrogen (secondary N) is 1.